The van der Waals surface area contributed by atoms with Gasteiger partial charge in [-0.1, -0.05) is 212 Å². The Morgan fingerprint density at radius 1 is 0.200 bits per heavy atom. The summed E-state index contributed by atoms with van der Waals surface area (Å²) in [6.07, 6.45) is 0. The first-order valence-electron chi connectivity index (χ1n) is 24.2. The van der Waals surface area contributed by atoms with Crippen LogP contribution in [-0.4, -0.2) is 21.8 Å². The molecule has 0 aliphatic carbocycles. The molecule has 3 aromatic heterocycles. The predicted molar refractivity (Wildman–Crippen MR) is 299 cm³/mol. The highest BCUT2D eigenvalue weighted by atomic mass is 28.3. The quantitative estimate of drug-likeness (QED) is 0.107. The van der Waals surface area contributed by atoms with Crippen molar-refractivity contribution < 1.29 is 0 Å². The van der Waals surface area contributed by atoms with E-state index >= 15 is 0 Å². The van der Waals surface area contributed by atoms with E-state index in [4.69, 9.17) is 0 Å². The van der Waals surface area contributed by atoms with E-state index in [0.29, 0.717) is 0 Å². The zero-order chi connectivity index (χ0) is 46.2. The third kappa shape index (κ3) is 6.07. The van der Waals surface area contributed by atoms with Gasteiger partial charge in [0, 0.05) is 49.4 Å². The summed E-state index contributed by atoms with van der Waals surface area (Å²) in [5.74, 6) is 0. The first-order valence-corrected chi connectivity index (χ1v) is 26.2. The van der Waals surface area contributed by atoms with E-state index in [0.717, 1.165) is 17.1 Å². The number of hydrogen-bond donors (Lipinski definition) is 0. The number of benzene rings is 11. The van der Waals surface area contributed by atoms with Crippen molar-refractivity contribution in [2.24, 2.45) is 0 Å². The van der Waals surface area contributed by atoms with Crippen molar-refractivity contribution in [2.75, 3.05) is 0 Å². The van der Waals surface area contributed by atoms with Gasteiger partial charge in [-0.2, -0.15) is 0 Å². The normalized spacial score (nSPS) is 12.0. The molecule has 4 heteroatoms. The maximum Gasteiger partial charge on any atom is 0.179 e. The van der Waals surface area contributed by atoms with Gasteiger partial charge in [-0.05, 0) is 92.5 Å². The molecule has 3 heterocycles. The van der Waals surface area contributed by atoms with Gasteiger partial charge >= 0.3 is 0 Å². The van der Waals surface area contributed by atoms with Crippen molar-refractivity contribution in [2.45, 2.75) is 0 Å². The molecule has 14 rings (SSSR count). The van der Waals surface area contributed by atoms with Gasteiger partial charge in [0.25, 0.3) is 0 Å². The van der Waals surface area contributed by atoms with E-state index in [9.17, 15) is 0 Å². The Hall–Kier alpha value is -8.96. The van der Waals surface area contributed by atoms with Crippen LogP contribution in [-0.2, 0) is 0 Å². The lowest BCUT2D eigenvalue weighted by molar-refractivity contribution is 1.15. The van der Waals surface area contributed by atoms with Gasteiger partial charge in [0.15, 0.2) is 8.07 Å². The van der Waals surface area contributed by atoms with Gasteiger partial charge < -0.3 is 13.7 Å². The number of aromatic nitrogens is 3. The average Bonchev–Trinajstić information content (AvgIpc) is 4.07. The Labute approximate surface area is 407 Å². The number of hydrogen-bond acceptors (Lipinski definition) is 0. The molecule has 0 aliphatic rings. The van der Waals surface area contributed by atoms with Gasteiger partial charge in [-0.25, -0.2) is 0 Å². The summed E-state index contributed by atoms with van der Waals surface area (Å²) in [6.45, 7) is 0. The molecular formula is C66H45N3Si. The van der Waals surface area contributed by atoms with Crippen LogP contribution in [0.1, 0.15) is 0 Å². The molecule has 14 aromatic rings. The summed E-state index contributed by atoms with van der Waals surface area (Å²) in [5.41, 5.74) is 12.9. The van der Waals surface area contributed by atoms with Gasteiger partial charge in [0.1, 0.15) is 0 Å². The van der Waals surface area contributed by atoms with Gasteiger partial charge in [-0.3, -0.25) is 0 Å². The molecule has 0 radical (unpaired) electrons. The molecule has 0 saturated heterocycles. The molecule has 0 amide bonds. The summed E-state index contributed by atoms with van der Waals surface area (Å²) in [5, 5.41) is 12.9. The van der Waals surface area contributed by atoms with E-state index in [2.05, 4.69) is 287 Å². The molecule has 0 unspecified atom stereocenters. The lowest BCUT2D eigenvalue weighted by Crippen LogP contribution is -2.74. The lowest BCUT2D eigenvalue weighted by atomic mass is 10.0. The molecule has 0 aliphatic heterocycles. The fourth-order valence-corrected chi connectivity index (χ4v) is 16.5. The fraction of sp³-hybridized carbons (Fsp3) is 0. The van der Waals surface area contributed by atoms with Crippen molar-refractivity contribution in [1.29, 1.82) is 0 Å². The molecule has 328 valence electrons. The summed E-state index contributed by atoms with van der Waals surface area (Å²) < 4.78 is 7.40. The molecular weight excluding hydrogens is 863 g/mol. The van der Waals surface area contributed by atoms with Crippen LogP contribution < -0.4 is 20.7 Å². The zero-order valence-electron chi connectivity index (χ0n) is 38.3. The van der Waals surface area contributed by atoms with Crippen LogP contribution >= 0.6 is 0 Å². The lowest BCUT2D eigenvalue weighted by Gasteiger charge is -2.34. The number of para-hydroxylation sites is 3. The summed E-state index contributed by atoms with van der Waals surface area (Å²) in [7, 11) is -2.70. The first kappa shape index (κ1) is 40.1. The Balaban J connectivity index is 0.969. The molecule has 0 spiro atoms. The van der Waals surface area contributed by atoms with E-state index < -0.39 is 8.07 Å². The SMILES string of the molecule is c1ccc(-c2ccc3c4ccccc4n(-c4ccc5c6ccccc6n(-c6ccc7c8ccccc8n(-c8ccc([Si](c9ccccc9)(c9ccccc9)c9ccccc9)cc8)c7c6)c5c4)c3c2)cc1. The van der Waals surface area contributed by atoms with Crippen LogP contribution in [0.4, 0.5) is 0 Å². The van der Waals surface area contributed by atoms with Crippen molar-refractivity contribution >= 4 is 94.2 Å². The highest BCUT2D eigenvalue weighted by Gasteiger charge is 2.41. The van der Waals surface area contributed by atoms with Gasteiger partial charge in [0.05, 0.1) is 33.1 Å². The summed E-state index contributed by atoms with van der Waals surface area (Å²) in [4.78, 5) is 0. The standard InChI is InChI=1S/C66H45N3Si/c1-5-19-46(20-6-1)47-33-40-58-55-27-14-17-31-62(55)68(64(58)43-47)49-36-42-60-57-29-15-18-32-63(57)69(66(60)45-49)50-37-41-59-56-28-13-16-30-61(56)67(65(59)44-50)48-34-38-54(39-35-48)70(51-21-7-2-8-22-51,52-23-9-3-10-24-52)53-25-11-4-12-26-53/h1-45H. The minimum Gasteiger partial charge on any atom is -0.309 e. The largest absolute Gasteiger partial charge is 0.309 e. The van der Waals surface area contributed by atoms with E-state index in [1.165, 1.54) is 97.3 Å². The van der Waals surface area contributed by atoms with Crippen molar-refractivity contribution in [3.63, 3.8) is 0 Å². The molecule has 0 N–H and O–H groups in total. The summed E-state index contributed by atoms with van der Waals surface area (Å²) in [6, 6.07) is 101. The van der Waals surface area contributed by atoms with Crippen LogP contribution in [0.2, 0.25) is 0 Å². The Kier molecular flexibility index (Phi) is 9.23. The second-order valence-electron chi connectivity index (χ2n) is 18.5. The van der Waals surface area contributed by atoms with Gasteiger partial charge in [0.2, 0.25) is 0 Å². The highest BCUT2D eigenvalue weighted by Crippen LogP contribution is 2.40. The average molecular weight is 908 g/mol. The van der Waals surface area contributed by atoms with Crippen LogP contribution in [0.5, 0.6) is 0 Å². The van der Waals surface area contributed by atoms with E-state index in [1.807, 2.05) is 0 Å². The van der Waals surface area contributed by atoms with Crippen molar-refractivity contribution in [3.8, 4) is 28.2 Å². The minimum absolute atomic E-state index is 1.12. The second-order valence-corrected chi connectivity index (χ2v) is 22.3. The van der Waals surface area contributed by atoms with E-state index in [-0.39, 0.29) is 0 Å². The van der Waals surface area contributed by atoms with Crippen molar-refractivity contribution in [3.05, 3.63) is 273 Å². The molecule has 0 saturated carbocycles. The number of nitrogens with zero attached hydrogens (tertiary/aromatic N) is 3. The monoisotopic (exact) mass is 907 g/mol. The summed E-state index contributed by atoms with van der Waals surface area (Å²) >= 11 is 0. The molecule has 70 heavy (non-hydrogen) atoms. The maximum absolute atomic E-state index is 2.70. The maximum atomic E-state index is 2.47. The molecule has 0 bridgehead atoms. The van der Waals surface area contributed by atoms with Crippen LogP contribution in [0, 0.1) is 0 Å². The third-order valence-electron chi connectivity index (χ3n) is 14.8. The number of rotatable bonds is 8. The van der Waals surface area contributed by atoms with Crippen molar-refractivity contribution in [1.82, 2.24) is 13.7 Å². The Bertz CT molecular complexity index is 4170. The number of fused-ring (bicyclic) bond motifs is 9. The smallest absolute Gasteiger partial charge is 0.179 e. The van der Waals surface area contributed by atoms with Crippen LogP contribution in [0.25, 0.3) is 93.6 Å². The second kappa shape index (κ2) is 16.1. The predicted octanol–water partition coefficient (Wildman–Crippen LogP) is 14.0. The van der Waals surface area contributed by atoms with Gasteiger partial charge in [-0.15, -0.1) is 0 Å². The molecule has 0 atom stereocenters. The van der Waals surface area contributed by atoms with Crippen LogP contribution in [0.15, 0.2) is 273 Å². The Morgan fingerprint density at radius 2 is 0.514 bits per heavy atom. The first-order chi connectivity index (χ1) is 34.7. The molecule has 3 nitrogen and oxygen atoms in total. The molecule has 0 fully saturated rings. The fourth-order valence-electron chi connectivity index (χ4n) is 11.7. The molecule has 11 aromatic carbocycles. The topological polar surface area (TPSA) is 14.8 Å². The minimum atomic E-state index is -2.70. The Morgan fingerprint density at radius 3 is 0.957 bits per heavy atom. The van der Waals surface area contributed by atoms with E-state index in [1.54, 1.807) is 0 Å². The third-order valence-corrected chi connectivity index (χ3v) is 19.6. The van der Waals surface area contributed by atoms with Crippen LogP contribution in [0.3, 0.4) is 0 Å². The highest BCUT2D eigenvalue weighted by molar-refractivity contribution is 7.19. The zero-order valence-corrected chi connectivity index (χ0v) is 39.3.